The summed E-state index contributed by atoms with van der Waals surface area (Å²) >= 11 is 3.46. The van der Waals surface area contributed by atoms with Gasteiger partial charge in [0.2, 0.25) is 0 Å². The first-order valence-corrected chi connectivity index (χ1v) is 7.50. The number of likely N-dealkylation sites (N-methyl/N-ethyl adjacent to an activating group) is 1. The van der Waals surface area contributed by atoms with E-state index in [4.69, 9.17) is 4.74 Å². The quantitative estimate of drug-likeness (QED) is 0.852. The Morgan fingerprint density at radius 1 is 1.47 bits per heavy atom. The molecule has 1 aliphatic heterocycles. The SMILES string of the molecule is Cc1ccc(C(=O)N(C)CC2CCCCO2)c(Br)c1. The lowest BCUT2D eigenvalue weighted by Crippen LogP contribution is -2.37. The number of hydrogen-bond acceptors (Lipinski definition) is 2. The third-order valence-electron chi connectivity index (χ3n) is 3.45. The third kappa shape index (κ3) is 3.80. The number of benzene rings is 1. The van der Waals surface area contributed by atoms with Gasteiger partial charge in [0, 0.05) is 24.7 Å². The van der Waals surface area contributed by atoms with E-state index >= 15 is 0 Å². The zero-order valence-electron chi connectivity index (χ0n) is 11.5. The van der Waals surface area contributed by atoms with Crippen LogP contribution in [0.15, 0.2) is 22.7 Å². The Balaban J connectivity index is 2.01. The van der Waals surface area contributed by atoms with Crippen molar-refractivity contribution in [3.63, 3.8) is 0 Å². The first-order valence-electron chi connectivity index (χ1n) is 6.71. The molecule has 1 atom stereocenters. The van der Waals surface area contributed by atoms with E-state index in [1.54, 1.807) is 4.90 Å². The molecule has 0 bridgehead atoms. The van der Waals surface area contributed by atoms with Gasteiger partial charge in [0.05, 0.1) is 11.7 Å². The van der Waals surface area contributed by atoms with Crippen LogP contribution in [0.25, 0.3) is 0 Å². The van der Waals surface area contributed by atoms with Crippen LogP contribution in [0, 0.1) is 6.92 Å². The molecule has 0 N–H and O–H groups in total. The van der Waals surface area contributed by atoms with E-state index in [1.165, 1.54) is 6.42 Å². The zero-order valence-corrected chi connectivity index (χ0v) is 13.1. The summed E-state index contributed by atoms with van der Waals surface area (Å²) in [4.78, 5) is 14.1. The summed E-state index contributed by atoms with van der Waals surface area (Å²) in [6.07, 6.45) is 3.57. The van der Waals surface area contributed by atoms with E-state index in [0.717, 1.165) is 29.5 Å². The fraction of sp³-hybridized carbons (Fsp3) is 0.533. The van der Waals surface area contributed by atoms with Crippen LogP contribution < -0.4 is 0 Å². The molecule has 1 fully saturated rings. The van der Waals surface area contributed by atoms with Gasteiger partial charge in [0.1, 0.15) is 0 Å². The highest BCUT2D eigenvalue weighted by Crippen LogP contribution is 2.21. The van der Waals surface area contributed by atoms with Gasteiger partial charge in [0.15, 0.2) is 0 Å². The average Bonchev–Trinajstić information content (AvgIpc) is 2.39. The summed E-state index contributed by atoms with van der Waals surface area (Å²) in [6.45, 7) is 3.50. The van der Waals surface area contributed by atoms with Gasteiger partial charge in [-0.2, -0.15) is 0 Å². The largest absolute Gasteiger partial charge is 0.376 e. The summed E-state index contributed by atoms with van der Waals surface area (Å²) in [6, 6.07) is 5.81. The molecule has 19 heavy (non-hydrogen) atoms. The summed E-state index contributed by atoms with van der Waals surface area (Å²) in [5, 5.41) is 0. The van der Waals surface area contributed by atoms with Gasteiger partial charge in [-0.05, 0) is 59.8 Å². The van der Waals surface area contributed by atoms with Crippen molar-refractivity contribution in [1.29, 1.82) is 0 Å². The fourth-order valence-electron chi connectivity index (χ4n) is 2.34. The Kier molecular flexibility index (Phi) is 4.99. The maximum absolute atomic E-state index is 12.4. The Morgan fingerprint density at radius 3 is 2.89 bits per heavy atom. The van der Waals surface area contributed by atoms with Gasteiger partial charge in [-0.3, -0.25) is 4.79 Å². The first kappa shape index (κ1) is 14.5. The molecule has 3 nitrogen and oxygen atoms in total. The van der Waals surface area contributed by atoms with Crippen LogP contribution in [0.4, 0.5) is 0 Å². The normalized spacial score (nSPS) is 19.2. The number of carbonyl (C=O) groups is 1. The summed E-state index contributed by atoms with van der Waals surface area (Å²) in [5.41, 5.74) is 1.85. The van der Waals surface area contributed by atoms with Crippen LogP contribution >= 0.6 is 15.9 Å². The molecule has 1 amide bonds. The number of aryl methyl sites for hydroxylation is 1. The molecule has 4 heteroatoms. The number of hydrogen-bond donors (Lipinski definition) is 0. The molecule has 0 aromatic heterocycles. The minimum atomic E-state index is 0.0426. The van der Waals surface area contributed by atoms with Gasteiger partial charge in [-0.15, -0.1) is 0 Å². The zero-order chi connectivity index (χ0) is 13.8. The van der Waals surface area contributed by atoms with Crippen molar-refractivity contribution in [2.75, 3.05) is 20.2 Å². The number of nitrogens with zero attached hydrogens (tertiary/aromatic N) is 1. The molecule has 1 aromatic rings. The fourth-order valence-corrected chi connectivity index (χ4v) is 3.00. The van der Waals surface area contributed by atoms with Gasteiger partial charge in [0.25, 0.3) is 5.91 Å². The highest BCUT2D eigenvalue weighted by molar-refractivity contribution is 9.10. The Labute approximate surface area is 123 Å². The smallest absolute Gasteiger partial charge is 0.254 e. The second-order valence-corrected chi connectivity index (χ2v) is 6.01. The molecule has 0 radical (unpaired) electrons. The van der Waals surface area contributed by atoms with Crippen molar-refractivity contribution in [3.05, 3.63) is 33.8 Å². The van der Waals surface area contributed by atoms with Gasteiger partial charge in [-0.25, -0.2) is 0 Å². The van der Waals surface area contributed by atoms with Crippen LogP contribution in [0.3, 0.4) is 0 Å². The van der Waals surface area contributed by atoms with E-state index in [2.05, 4.69) is 15.9 Å². The van der Waals surface area contributed by atoms with Crippen molar-refractivity contribution < 1.29 is 9.53 Å². The van der Waals surface area contributed by atoms with E-state index < -0.39 is 0 Å². The molecular formula is C15H20BrNO2. The third-order valence-corrected chi connectivity index (χ3v) is 4.11. The second kappa shape index (κ2) is 6.53. The van der Waals surface area contributed by atoms with Gasteiger partial charge < -0.3 is 9.64 Å². The minimum absolute atomic E-state index is 0.0426. The number of rotatable bonds is 3. The van der Waals surface area contributed by atoms with Gasteiger partial charge >= 0.3 is 0 Å². The lowest BCUT2D eigenvalue weighted by molar-refractivity contribution is -0.000204. The number of ether oxygens (including phenoxy) is 1. The molecule has 0 aliphatic carbocycles. The number of amides is 1. The predicted molar refractivity (Wildman–Crippen MR) is 79.4 cm³/mol. The van der Waals surface area contributed by atoms with E-state index in [-0.39, 0.29) is 12.0 Å². The highest BCUT2D eigenvalue weighted by atomic mass is 79.9. The summed E-state index contributed by atoms with van der Waals surface area (Å²) < 4.78 is 6.53. The highest BCUT2D eigenvalue weighted by Gasteiger charge is 2.20. The first-order chi connectivity index (χ1) is 9.08. The van der Waals surface area contributed by atoms with E-state index in [0.29, 0.717) is 12.1 Å². The van der Waals surface area contributed by atoms with Crippen molar-refractivity contribution in [2.24, 2.45) is 0 Å². The minimum Gasteiger partial charge on any atom is -0.376 e. The maximum atomic E-state index is 12.4. The van der Waals surface area contributed by atoms with Crippen LogP contribution in [-0.4, -0.2) is 37.1 Å². The Morgan fingerprint density at radius 2 is 2.26 bits per heavy atom. The van der Waals surface area contributed by atoms with Crippen LogP contribution in [0.5, 0.6) is 0 Å². The van der Waals surface area contributed by atoms with Crippen LogP contribution in [0.1, 0.15) is 35.2 Å². The second-order valence-electron chi connectivity index (χ2n) is 5.16. The molecular weight excluding hydrogens is 306 g/mol. The monoisotopic (exact) mass is 325 g/mol. The summed E-state index contributed by atoms with van der Waals surface area (Å²) in [5.74, 6) is 0.0426. The number of carbonyl (C=O) groups excluding carboxylic acids is 1. The van der Waals surface area contributed by atoms with E-state index in [9.17, 15) is 4.79 Å². The molecule has 2 rings (SSSR count). The molecule has 104 valence electrons. The molecule has 1 unspecified atom stereocenters. The molecule has 0 spiro atoms. The predicted octanol–water partition coefficient (Wildman–Crippen LogP) is 3.40. The molecule has 1 aromatic carbocycles. The Bertz CT molecular complexity index is 455. The van der Waals surface area contributed by atoms with Gasteiger partial charge in [-0.1, -0.05) is 6.07 Å². The lowest BCUT2D eigenvalue weighted by atomic mass is 10.1. The number of halogens is 1. The molecule has 0 saturated carbocycles. The van der Waals surface area contributed by atoms with Crippen molar-refractivity contribution in [2.45, 2.75) is 32.3 Å². The van der Waals surface area contributed by atoms with Crippen LogP contribution in [0.2, 0.25) is 0 Å². The Hall–Kier alpha value is -0.870. The van der Waals surface area contributed by atoms with E-state index in [1.807, 2.05) is 32.2 Å². The standard InChI is InChI=1S/C15H20BrNO2/c1-11-6-7-13(14(16)9-11)15(18)17(2)10-12-5-3-4-8-19-12/h6-7,9,12H,3-5,8,10H2,1-2H3. The summed E-state index contributed by atoms with van der Waals surface area (Å²) in [7, 11) is 1.84. The topological polar surface area (TPSA) is 29.5 Å². The van der Waals surface area contributed by atoms with Crippen molar-refractivity contribution in [3.8, 4) is 0 Å². The van der Waals surface area contributed by atoms with Crippen molar-refractivity contribution in [1.82, 2.24) is 4.90 Å². The lowest BCUT2D eigenvalue weighted by Gasteiger charge is -2.27. The molecule has 1 heterocycles. The van der Waals surface area contributed by atoms with Crippen LogP contribution in [-0.2, 0) is 4.74 Å². The average molecular weight is 326 g/mol. The molecule has 1 aliphatic rings. The molecule has 1 saturated heterocycles. The maximum Gasteiger partial charge on any atom is 0.254 e. The van der Waals surface area contributed by atoms with Crippen molar-refractivity contribution >= 4 is 21.8 Å².